The van der Waals surface area contributed by atoms with Gasteiger partial charge in [-0.1, -0.05) is 51.2 Å². The van der Waals surface area contributed by atoms with Crippen molar-refractivity contribution in [3.05, 3.63) is 29.8 Å². The number of nitrogens with one attached hydrogen (secondary N) is 1. The van der Waals surface area contributed by atoms with Gasteiger partial charge in [0.1, 0.15) is 5.75 Å². The van der Waals surface area contributed by atoms with E-state index in [1.54, 1.807) is 0 Å². The fourth-order valence-electron chi connectivity index (χ4n) is 2.52. The lowest BCUT2D eigenvalue weighted by Crippen LogP contribution is -2.15. The molecule has 0 heterocycles. The van der Waals surface area contributed by atoms with Gasteiger partial charge in [0.15, 0.2) is 0 Å². The summed E-state index contributed by atoms with van der Waals surface area (Å²) in [6.07, 6.45) is 10.7. The van der Waals surface area contributed by atoms with Crippen molar-refractivity contribution in [1.82, 2.24) is 5.32 Å². The average Bonchev–Trinajstić information content (AvgIpc) is 3.32. The Balaban J connectivity index is 1.52. The Kier molecular flexibility index (Phi) is 7.66. The summed E-state index contributed by atoms with van der Waals surface area (Å²) in [5, 5.41) is 3.52. The van der Waals surface area contributed by atoms with E-state index in [9.17, 15) is 0 Å². The van der Waals surface area contributed by atoms with Crippen molar-refractivity contribution in [2.45, 2.75) is 64.8 Å². The van der Waals surface area contributed by atoms with Crippen LogP contribution >= 0.6 is 0 Å². The molecule has 1 fully saturated rings. The topological polar surface area (TPSA) is 21.3 Å². The summed E-state index contributed by atoms with van der Waals surface area (Å²) < 4.78 is 5.80. The molecule has 0 atom stereocenters. The van der Waals surface area contributed by atoms with Crippen molar-refractivity contribution in [1.29, 1.82) is 0 Å². The summed E-state index contributed by atoms with van der Waals surface area (Å²) in [5.74, 6) is 1.96. The van der Waals surface area contributed by atoms with Crippen molar-refractivity contribution in [2.24, 2.45) is 5.92 Å². The smallest absolute Gasteiger partial charge is 0.119 e. The van der Waals surface area contributed by atoms with Gasteiger partial charge in [-0.15, -0.1) is 0 Å². The van der Waals surface area contributed by atoms with E-state index in [1.807, 2.05) is 0 Å². The maximum Gasteiger partial charge on any atom is 0.119 e. The highest BCUT2D eigenvalue weighted by atomic mass is 16.5. The molecule has 21 heavy (non-hydrogen) atoms. The van der Waals surface area contributed by atoms with E-state index < -0.39 is 0 Å². The molecule has 2 rings (SSSR count). The molecule has 1 N–H and O–H groups in total. The molecule has 0 radical (unpaired) electrons. The largest absolute Gasteiger partial charge is 0.494 e. The van der Waals surface area contributed by atoms with Gasteiger partial charge in [-0.25, -0.2) is 0 Å². The summed E-state index contributed by atoms with van der Waals surface area (Å²) in [4.78, 5) is 0. The summed E-state index contributed by atoms with van der Waals surface area (Å²) >= 11 is 0. The molecule has 0 unspecified atom stereocenters. The lowest BCUT2D eigenvalue weighted by Gasteiger charge is -2.08. The van der Waals surface area contributed by atoms with E-state index in [0.29, 0.717) is 0 Å². The van der Waals surface area contributed by atoms with Gasteiger partial charge in [-0.3, -0.25) is 0 Å². The number of hydrogen-bond acceptors (Lipinski definition) is 2. The molecule has 0 spiro atoms. The van der Waals surface area contributed by atoms with Crippen LogP contribution in [-0.2, 0) is 6.54 Å². The molecule has 0 amide bonds. The minimum atomic E-state index is 0.853. The highest BCUT2D eigenvalue weighted by molar-refractivity contribution is 5.27. The Morgan fingerprint density at radius 1 is 1.00 bits per heavy atom. The highest BCUT2D eigenvalue weighted by Crippen LogP contribution is 2.27. The van der Waals surface area contributed by atoms with Gasteiger partial charge in [0, 0.05) is 6.54 Å². The normalized spacial score (nSPS) is 14.3. The molecule has 1 aliphatic rings. The predicted molar refractivity (Wildman–Crippen MR) is 89.7 cm³/mol. The molecule has 2 nitrogen and oxygen atoms in total. The van der Waals surface area contributed by atoms with Crippen LogP contribution in [0.5, 0.6) is 5.75 Å². The van der Waals surface area contributed by atoms with E-state index >= 15 is 0 Å². The number of unbranched alkanes of at least 4 members (excludes halogenated alkanes) is 5. The van der Waals surface area contributed by atoms with Gasteiger partial charge in [0.2, 0.25) is 0 Å². The van der Waals surface area contributed by atoms with Crippen LogP contribution in [0.3, 0.4) is 0 Å². The maximum atomic E-state index is 5.80. The first-order chi connectivity index (χ1) is 10.4. The zero-order chi connectivity index (χ0) is 14.8. The molecular weight excluding hydrogens is 258 g/mol. The van der Waals surface area contributed by atoms with Crippen LogP contribution in [-0.4, -0.2) is 13.2 Å². The van der Waals surface area contributed by atoms with Gasteiger partial charge >= 0.3 is 0 Å². The number of rotatable bonds is 12. The Morgan fingerprint density at radius 3 is 2.43 bits per heavy atom. The predicted octanol–water partition coefficient (Wildman–Crippen LogP) is 4.93. The standard InChI is InChI=1S/C19H31NO/c1-2-3-4-5-6-7-14-21-19-12-10-18(11-13-19)16-20-15-17-8-9-17/h10-13,17,20H,2-9,14-16H2,1H3. The molecule has 1 saturated carbocycles. The second kappa shape index (κ2) is 9.83. The van der Waals surface area contributed by atoms with Crippen LogP contribution in [0.2, 0.25) is 0 Å². The SMILES string of the molecule is CCCCCCCCOc1ccc(CNCC2CC2)cc1. The van der Waals surface area contributed by atoms with E-state index in [2.05, 4.69) is 36.5 Å². The van der Waals surface area contributed by atoms with Crippen molar-refractivity contribution in [3.8, 4) is 5.75 Å². The molecule has 0 saturated heterocycles. The van der Waals surface area contributed by atoms with Crippen molar-refractivity contribution >= 4 is 0 Å². The zero-order valence-corrected chi connectivity index (χ0v) is 13.6. The third-order valence-electron chi connectivity index (χ3n) is 4.15. The van der Waals surface area contributed by atoms with Crippen LogP contribution in [0.15, 0.2) is 24.3 Å². The number of ether oxygens (including phenoxy) is 1. The number of hydrogen-bond donors (Lipinski definition) is 1. The van der Waals surface area contributed by atoms with Gasteiger partial charge in [-0.2, -0.15) is 0 Å². The molecule has 2 heteroatoms. The fourth-order valence-corrected chi connectivity index (χ4v) is 2.52. The van der Waals surface area contributed by atoms with Crippen molar-refractivity contribution in [2.75, 3.05) is 13.2 Å². The second-order valence-electron chi connectivity index (χ2n) is 6.33. The second-order valence-corrected chi connectivity index (χ2v) is 6.33. The zero-order valence-electron chi connectivity index (χ0n) is 13.6. The van der Waals surface area contributed by atoms with Crippen molar-refractivity contribution in [3.63, 3.8) is 0 Å². The molecule has 1 aliphatic carbocycles. The van der Waals surface area contributed by atoms with Crippen LogP contribution in [0.1, 0.15) is 63.9 Å². The Labute approximate surface area is 130 Å². The fraction of sp³-hybridized carbons (Fsp3) is 0.684. The lowest BCUT2D eigenvalue weighted by atomic mass is 10.1. The summed E-state index contributed by atoms with van der Waals surface area (Å²) in [7, 11) is 0. The van der Waals surface area contributed by atoms with Crippen molar-refractivity contribution < 1.29 is 4.74 Å². The van der Waals surface area contributed by atoms with E-state index in [-0.39, 0.29) is 0 Å². The molecule has 0 bridgehead atoms. The molecular formula is C19H31NO. The Hall–Kier alpha value is -1.02. The molecule has 1 aromatic carbocycles. The van der Waals surface area contributed by atoms with Crippen LogP contribution in [0.25, 0.3) is 0 Å². The van der Waals surface area contributed by atoms with Crippen LogP contribution < -0.4 is 10.1 Å². The molecule has 1 aromatic rings. The lowest BCUT2D eigenvalue weighted by molar-refractivity contribution is 0.304. The summed E-state index contributed by atoms with van der Waals surface area (Å²) in [6, 6.07) is 8.56. The summed E-state index contributed by atoms with van der Waals surface area (Å²) in [6.45, 7) is 5.27. The highest BCUT2D eigenvalue weighted by Gasteiger charge is 2.19. The monoisotopic (exact) mass is 289 g/mol. The Morgan fingerprint density at radius 2 is 1.71 bits per heavy atom. The third kappa shape index (κ3) is 7.52. The van der Waals surface area contributed by atoms with E-state index in [1.165, 1.54) is 63.5 Å². The van der Waals surface area contributed by atoms with E-state index in [0.717, 1.165) is 24.8 Å². The molecule has 0 aliphatic heterocycles. The van der Waals surface area contributed by atoms with Gasteiger partial charge in [0.25, 0.3) is 0 Å². The Bertz CT molecular complexity index is 370. The summed E-state index contributed by atoms with van der Waals surface area (Å²) in [5.41, 5.74) is 1.35. The van der Waals surface area contributed by atoms with Gasteiger partial charge in [0.05, 0.1) is 6.61 Å². The minimum Gasteiger partial charge on any atom is -0.494 e. The first kappa shape index (κ1) is 16.4. The number of benzene rings is 1. The van der Waals surface area contributed by atoms with Crippen LogP contribution in [0, 0.1) is 5.92 Å². The van der Waals surface area contributed by atoms with E-state index in [4.69, 9.17) is 4.74 Å². The first-order valence-electron chi connectivity index (χ1n) is 8.81. The molecule has 0 aromatic heterocycles. The quantitative estimate of drug-likeness (QED) is 0.551. The minimum absolute atomic E-state index is 0.853. The van der Waals surface area contributed by atoms with Gasteiger partial charge in [-0.05, 0) is 49.4 Å². The first-order valence-corrected chi connectivity index (χ1v) is 8.81. The average molecular weight is 289 g/mol. The third-order valence-corrected chi connectivity index (χ3v) is 4.15. The van der Waals surface area contributed by atoms with Gasteiger partial charge < -0.3 is 10.1 Å². The van der Waals surface area contributed by atoms with Crippen LogP contribution in [0.4, 0.5) is 0 Å². The maximum absolute atomic E-state index is 5.80. The molecule has 118 valence electrons.